The van der Waals surface area contributed by atoms with E-state index in [9.17, 15) is 14.0 Å². The topological polar surface area (TPSA) is 79.3 Å². The van der Waals surface area contributed by atoms with Crippen LogP contribution in [0.2, 0.25) is 5.02 Å². The lowest BCUT2D eigenvalue weighted by Gasteiger charge is -2.17. The van der Waals surface area contributed by atoms with Gasteiger partial charge in [-0.05, 0) is 24.3 Å². The number of carboxylic acid groups (broad SMARTS) is 1. The minimum Gasteiger partial charge on any atom is -0.481 e. The summed E-state index contributed by atoms with van der Waals surface area (Å²) in [6.07, 6.45) is 1.10. The third-order valence-corrected chi connectivity index (χ3v) is 3.23. The molecule has 5 nitrogen and oxygen atoms in total. The quantitative estimate of drug-likeness (QED) is 0.887. The standard InChI is InChI=1S/C15H12ClFN2O3/c16-9-4-3-5-10(17)14(9)15(22)19-12(8-13(20)21)11-6-1-2-7-18-11/h1-7,12H,8H2,(H,19,22)(H,20,21). The Labute approximate surface area is 130 Å². The van der Waals surface area contributed by atoms with Crippen molar-refractivity contribution < 1.29 is 19.1 Å². The van der Waals surface area contributed by atoms with Crippen molar-refractivity contribution in [3.63, 3.8) is 0 Å². The molecule has 0 aliphatic heterocycles. The van der Waals surface area contributed by atoms with Crippen molar-refractivity contribution in [2.24, 2.45) is 0 Å². The van der Waals surface area contributed by atoms with Gasteiger partial charge in [-0.3, -0.25) is 14.6 Å². The summed E-state index contributed by atoms with van der Waals surface area (Å²) in [4.78, 5) is 27.2. The second-order valence-corrected chi connectivity index (χ2v) is 4.88. The van der Waals surface area contributed by atoms with Crippen molar-refractivity contribution in [2.75, 3.05) is 0 Å². The molecule has 2 N–H and O–H groups in total. The molecule has 0 radical (unpaired) electrons. The van der Waals surface area contributed by atoms with Crippen LogP contribution in [0.15, 0.2) is 42.6 Å². The number of pyridine rings is 1. The predicted molar refractivity (Wildman–Crippen MR) is 78.1 cm³/mol. The SMILES string of the molecule is O=C(O)CC(NC(=O)c1c(F)cccc1Cl)c1ccccn1. The molecular weight excluding hydrogens is 311 g/mol. The highest BCUT2D eigenvalue weighted by Crippen LogP contribution is 2.21. The fourth-order valence-corrected chi connectivity index (χ4v) is 2.18. The molecule has 0 saturated heterocycles. The van der Waals surface area contributed by atoms with Gasteiger partial charge in [0.25, 0.3) is 5.91 Å². The molecule has 0 aliphatic rings. The normalized spacial score (nSPS) is 11.7. The first-order chi connectivity index (χ1) is 10.5. The fraction of sp³-hybridized carbons (Fsp3) is 0.133. The van der Waals surface area contributed by atoms with Crippen LogP contribution in [0.5, 0.6) is 0 Å². The Morgan fingerprint density at radius 2 is 2.05 bits per heavy atom. The second-order valence-electron chi connectivity index (χ2n) is 4.48. The summed E-state index contributed by atoms with van der Waals surface area (Å²) in [6.45, 7) is 0. The van der Waals surface area contributed by atoms with Gasteiger partial charge in [-0.15, -0.1) is 0 Å². The van der Waals surface area contributed by atoms with Crippen molar-refractivity contribution >= 4 is 23.5 Å². The minimum absolute atomic E-state index is 0.0485. The summed E-state index contributed by atoms with van der Waals surface area (Å²) in [6, 6.07) is 7.89. The van der Waals surface area contributed by atoms with Crippen molar-refractivity contribution in [1.29, 1.82) is 0 Å². The zero-order chi connectivity index (χ0) is 16.1. The first-order valence-electron chi connectivity index (χ1n) is 6.36. The highest BCUT2D eigenvalue weighted by molar-refractivity contribution is 6.33. The molecule has 2 aromatic rings. The number of carbonyl (C=O) groups is 2. The molecule has 0 spiro atoms. The number of hydrogen-bond donors (Lipinski definition) is 2. The first-order valence-corrected chi connectivity index (χ1v) is 6.74. The number of hydrogen-bond acceptors (Lipinski definition) is 3. The largest absolute Gasteiger partial charge is 0.481 e. The second kappa shape index (κ2) is 7.00. The van der Waals surface area contributed by atoms with Crippen molar-refractivity contribution in [1.82, 2.24) is 10.3 Å². The van der Waals surface area contributed by atoms with E-state index in [1.165, 1.54) is 18.3 Å². The number of nitrogens with one attached hydrogen (secondary N) is 1. The van der Waals surface area contributed by atoms with Crippen molar-refractivity contribution in [3.05, 3.63) is 64.7 Å². The third kappa shape index (κ3) is 3.79. The van der Waals surface area contributed by atoms with E-state index in [2.05, 4.69) is 10.3 Å². The van der Waals surface area contributed by atoms with E-state index in [1.807, 2.05) is 0 Å². The minimum atomic E-state index is -1.12. The molecule has 1 heterocycles. The molecule has 1 aromatic heterocycles. The number of aromatic nitrogens is 1. The number of carbonyl (C=O) groups excluding carboxylic acids is 1. The highest BCUT2D eigenvalue weighted by Gasteiger charge is 2.23. The van der Waals surface area contributed by atoms with Crippen LogP contribution in [-0.2, 0) is 4.79 Å². The summed E-state index contributed by atoms with van der Waals surface area (Å²) in [5.41, 5.74) is 0.0428. The average Bonchev–Trinajstić information content (AvgIpc) is 2.47. The van der Waals surface area contributed by atoms with Gasteiger partial charge in [0, 0.05) is 6.20 Å². The molecule has 1 amide bonds. The maximum atomic E-state index is 13.7. The summed E-state index contributed by atoms with van der Waals surface area (Å²) in [7, 11) is 0. The van der Waals surface area contributed by atoms with Crippen LogP contribution < -0.4 is 5.32 Å². The Balaban J connectivity index is 2.27. The van der Waals surface area contributed by atoms with Gasteiger partial charge in [0.2, 0.25) is 0 Å². The number of benzene rings is 1. The summed E-state index contributed by atoms with van der Waals surface area (Å²) < 4.78 is 13.7. The van der Waals surface area contributed by atoms with E-state index in [1.54, 1.807) is 18.2 Å². The van der Waals surface area contributed by atoms with Crippen LogP contribution >= 0.6 is 11.6 Å². The molecule has 0 bridgehead atoms. The molecule has 0 fully saturated rings. The van der Waals surface area contributed by atoms with E-state index in [-0.39, 0.29) is 17.0 Å². The molecule has 0 aliphatic carbocycles. The first kappa shape index (κ1) is 15.9. The Morgan fingerprint density at radius 3 is 2.64 bits per heavy atom. The summed E-state index contributed by atoms with van der Waals surface area (Å²) in [5, 5.41) is 11.4. The number of carboxylic acids is 1. The van der Waals surface area contributed by atoms with Crippen molar-refractivity contribution in [2.45, 2.75) is 12.5 Å². The van der Waals surface area contributed by atoms with Crippen LogP contribution in [0.25, 0.3) is 0 Å². The van der Waals surface area contributed by atoms with E-state index < -0.39 is 23.7 Å². The fourth-order valence-electron chi connectivity index (χ4n) is 1.93. The van der Waals surface area contributed by atoms with Gasteiger partial charge in [-0.25, -0.2) is 4.39 Å². The molecule has 1 aromatic carbocycles. The lowest BCUT2D eigenvalue weighted by molar-refractivity contribution is -0.137. The molecule has 0 saturated carbocycles. The van der Waals surface area contributed by atoms with E-state index in [4.69, 9.17) is 16.7 Å². The molecule has 2 rings (SSSR count). The summed E-state index contributed by atoms with van der Waals surface area (Å²) in [5.74, 6) is -2.68. The Hall–Kier alpha value is -2.47. The van der Waals surface area contributed by atoms with Gasteiger partial charge in [-0.2, -0.15) is 0 Å². The molecule has 1 unspecified atom stereocenters. The van der Waals surface area contributed by atoms with Crippen LogP contribution in [-0.4, -0.2) is 22.0 Å². The Kier molecular flexibility index (Phi) is 5.06. The van der Waals surface area contributed by atoms with E-state index in [0.29, 0.717) is 5.69 Å². The monoisotopic (exact) mass is 322 g/mol. The van der Waals surface area contributed by atoms with E-state index >= 15 is 0 Å². The Morgan fingerprint density at radius 1 is 1.27 bits per heavy atom. The van der Waals surface area contributed by atoms with Crippen molar-refractivity contribution in [3.8, 4) is 0 Å². The van der Waals surface area contributed by atoms with Gasteiger partial charge in [0.05, 0.1) is 28.7 Å². The van der Waals surface area contributed by atoms with E-state index in [0.717, 1.165) is 6.07 Å². The smallest absolute Gasteiger partial charge is 0.305 e. The zero-order valence-corrected chi connectivity index (χ0v) is 12.0. The number of amides is 1. The van der Waals surface area contributed by atoms with Gasteiger partial charge < -0.3 is 10.4 Å². The summed E-state index contributed by atoms with van der Waals surface area (Å²) >= 11 is 5.83. The lowest BCUT2D eigenvalue weighted by atomic mass is 10.1. The Bertz CT molecular complexity index is 674. The maximum Gasteiger partial charge on any atom is 0.305 e. The average molecular weight is 323 g/mol. The zero-order valence-electron chi connectivity index (χ0n) is 11.3. The molecular formula is C15H12ClFN2O3. The van der Waals surface area contributed by atoms with Gasteiger partial charge in [0.1, 0.15) is 5.82 Å². The van der Waals surface area contributed by atoms with Gasteiger partial charge in [0.15, 0.2) is 0 Å². The van der Waals surface area contributed by atoms with Crippen LogP contribution in [0.3, 0.4) is 0 Å². The number of halogens is 2. The third-order valence-electron chi connectivity index (χ3n) is 2.92. The molecule has 1 atom stereocenters. The molecule has 7 heteroatoms. The van der Waals surface area contributed by atoms with Crippen LogP contribution in [0.1, 0.15) is 28.5 Å². The molecule has 114 valence electrons. The lowest BCUT2D eigenvalue weighted by Crippen LogP contribution is -2.31. The maximum absolute atomic E-state index is 13.7. The van der Waals surface area contributed by atoms with Gasteiger partial charge >= 0.3 is 5.97 Å². The number of rotatable bonds is 5. The highest BCUT2D eigenvalue weighted by atomic mass is 35.5. The van der Waals surface area contributed by atoms with Crippen LogP contribution in [0, 0.1) is 5.82 Å². The van der Waals surface area contributed by atoms with Gasteiger partial charge in [-0.1, -0.05) is 23.7 Å². The number of nitrogens with zero attached hydrogens (tertiary/aromatic N) is 1. The number of aliphatic carboxylic acids is 1. The predicted octanol–water partition coefficient (Wildman–Crippen LogP) is 2.82. The molecule has 22 heavy (non-hydrogen) atoms. The van der Waals surface area contributed by atoms with Crippen LogP contribution in [0.4, 0.5) is 4.39 Å².